The number of hydrogen-bond acceptors (Lipinski definition) is 3. The number of benzene rings is 1. The largest absolute Gasteiger partial charge is 0.496 e. The Bertz CT molecular complexity index is 380. The summed E-state index contributed by atoms with van der Waals surface area (Å²) in [5, 5.41) is 11.2. The number of rotatable bonds is 6. The minimum Gasteiger partial charge on any atom is -0.496 e. The van der Waals surface area contributed by atoms with E-state index in [0.717, 1.165) is 0 Å². The van der Waals surface area contributed by atoms with Crippen LogP contribution in [0.2, 0.25) is 5.02 Å². The zero-order chi connectivity index (χ0) is 13.8. The van der Waals surface area contributed by atoms with Gasteiger partial charge in [0.05, 0.1) is 12.7 Å². The Hall–Kier alpha value is -0.770. The number of methoxy groups -OCH3 is 2. The second-order valence-electron chi connectivity index (χ2n) is 4.26. The third-order valence-corrected chi connectivity index (χ3v) is 3.82. The van der Waals surface area contributed by atoms with Crippen molar-refractivity contribution < 1.29 is 14.6 Å². The zero-order valence-corrected chi connectivity index (χ0v) is 12.1. The number of halogens is 1. The maximum absolute atomic E-state index is 10.6. The number of hydrogen-bond donors (Lipinski definition) is 1. The highest BCUT2D eigenvalue weighted by molar-refractivity contribution is 6.30. The van der Waals surface area contributed by atoms with Crippen LogP contribution in [0.3, 0.4) is 0 Å². The first kappa shape index (κ1) is 15.3. The third-order valence-electron chi connectivity index (χ3n) is 3.59. The molecular formula is C14H21ClO3. The summed E-state index contributed by atoms with van der Waals surface area (Å²) in [5.74, 6) is 0.621. The van der Waals surface area contributed by atoms with Crippen molar-refractivity contribution in [3.05, 3.63) is 28.8 Å². The highest BCUT2D eigenvalue weighted by Crippen LogP contribution is 2.39. The number of ether oxygens (including phenoxy) is 2. The molecule has 0 aliphatic rings. The molecule has 0 radical (unpaired) electrons. The Morgan fingerprint density at radius 3 is 2.33 bits per heavy atom. The van der Waals surface area contributed by atoms with E-state index in [9.17, 15) is 5.11 Å². The van der Waals surface area contributed by atoms with Crippen molar-refractivity contribution in [2.24, 2.45) is 0 Å². The van der Waals surface area contributed by atoms with Crippen LogP contribution in [0.1, 0.15) is 38.4 Å². The van der Waals surface area contributed by atoms with Crippen molar-refractivity contribution in [2.45, 2.75) is 38.4 Å². The molecular weight excluding hydrogens is 252 g/mol. The summed E-state index contributed by atoms with van der Waals surface area (Å²) in [4.78, 5) is 0. The predicted molar refractivity (Wildman–Crippen MR) is 73.3 cm³/mol. The molecule has 102 valence electrons. The van der Waals surface area contributed by atoms with Gasteiger partial charge in [-0.25, -0.2) is 0 Å². The van der Waals surface area contributed by atoms with Gasteiger partial charge < -0.3 is 14.6 Å². The molecule has 0 bridgehead atoms. The second kappa shape index (κ2) is 6.41. The van der Waals surface area contributed by atoms with Gasteiger partial charge in [-0.1, -0.05) is 25.4 Å². The lowest BCUT2D eigenvalue weighted by Gasteiger charge is -2.36. The van der Waals surface area contributed by atoms with Gasteiger partial charge in [0.1, 0.15) is 11.9 Å². The van der Waals surface area contributed by atoms with Crippen LogP contribution in [0.25, 0.3) is 0 Å². The van der Waals surface area contributed by atoms with Gasteiger partial charge >= 0.3 is 0 Å². The molecule has 1 rings (SSSR count). The predicted octanol–water partition coefficient (Wildman–Crippen LogP) is 3.59. The second-order valence-corrected chi connectivity index (χ2v) is 4.70. The molecule has 3 nitrogen and oxygen atoms in total. The molecule has 1 aromatic rings. The molecule has 1 aromatic carbocycles. The molecule has 18 heavy (non-hydrogen) atoms. The van der Waals surface area contributed by atoms with Crippen molar-refractivity contribution in [1.82, 2.24) is 0 Å². The van der Waals surface area contributed by atoms with E-state index in [1.165, 1.54) is 0 Å². The van der Waals surface area contributed by atoms with Gasteiger partial charge in [-0.2, -0.15) is 0 Å². The van der Waals surface area contributed by atoms with Gasteiger partial charge in [-0.3, -0.25) is 0 Å². The molecule has 0 spiro atoms. The average Bonchev–Trinajstić information content (AvgIpc) is 2.41. The quantitative estimate of drug-likeness (QED) is 0.860. The van der Waals surface area contributed by atoms with E-state index < -0.39 is 11.7 Å². The summed E-state index contributed by atoms with van der Waals surface area (Å²) in [6.07, 6.45) is 0.638. The summed E-state index contributed by atoms with van der Waals surface area (Å²) in [7, 11) is 3.19. The van der Waals surface area contributed by atoms with Crippen LogP contribution >= 0.6 is 11.6 Å². The lowest BCUT2D eigenvalue weighted by atomic mass is 9.85. The average molecular weight is 273 g/mol. The normalized spacial score (nSPS) is 13.4. The van der Waals surface area contributed by atoms with Gasteiger partial charge in [0.15, 0.2) is 0 Å². The first-order chi connectivity index (χ1) is 8.54. The molecule has 0 aliphatic heterocycles. The lowest BCUT2D eigenvalue weighted by Crippen LogP contribution is -2.37. The van der Waals surface area contributed by atoms with Crippen LogP contribution in [-0.4, -0.2) is 24.9 Å². The van der Waals surface area contributed by atoms with Gasteiger partial charge in [0.2, 0.25) is 0 Å². The van der Waals surface area contributed by atoms with E-state index in [1.54, 1.807) is 32.4 Å². The fourth-order valence-corrected chi connectivity index (χ4v) is 2.42. The van der Waals surface area contributed by atoms with Gasteiger partial charge in [0, 0.05) is 17.7 Å². The van der Waals surface area contributed by atoms with Crippen molar-refractivity contribution in [2.75, 3.05) is 14.2 Å². The van der Waals surface area contributed by atoms with E-state index in [2.05, 4.69) is 0 Å². The summed E-state index contributed by atoms with van der Waals surface area (Å²) in [6.45, 7) is 3.99. The number of aliphatic hydroxyl groups excluding tert-OH is 1. The molecule has 0 aliphatic carbocycles. The van der Waals surface area contributed by atoms with Crippen LogP contribution in [0, 0.1) is 0 Å². The molecule has 0 fully saturated rings. The van der Waals surface area contributed by atoms with Crippen molar-refractivity contribution in [3.63, 3.8) is 0 Å². The third kappa shape index (κ3) is 2.79. The minimum atomic E-state index is -0.772. The van der Waals surface area contributed by atoms with Gasteiger partial charge in [0.25, 0.3) is 0 Å². The fourth-order valence-electron chi connectivity index (χ4n) is 2.24. The van der Waals surface area contributed by atoms with Crippen LogP contribution in [0.5, 0.6) is 5.75 Å². The van der Waals surface area contributed by atoms with Gasteiger partial charge in [-0.05, 0) is 31.0 Å². The SMILES string of the molecule is CCC(CC)(OC)C(O)c1cc(Cl)ccc1OC. The summed E-state index contributed by atoms with van der Waals surface area (Å²) in [5.41, 5.74) is 0.0494. The summed E-state index contributed by atoms with van der Waals surface area (Å²) >= 11 is 5.99. The van der Waals surface area contributed by atoms with Crippen molar-refractivity contribution in [1.29, 1.82) is 0 Å². The summed E-state index contributed by atoms with van der Waals surface area (Å²) < 4.78 is 10.8. The Kier molecular flexibility index (Phi) is 5.45. The Morgan fingerprint density at radius 1 is 1.28 bits per heavy atom. The molecule has 0 aromatic heterocycles. The molecule has 0 saturated carbocycles. The highest BCUT2D eigenvalue weighted by Gasteiger charge is 2.37. The highest BCUT2D eigenvalue weighted by atomic mass is 35.5. The van der Waals surface area contributed by atoms with Crippen LogP contribution in [-0.2, 0) is 4.74 Å². The van der Waals surface area contributed by atoms with Gasteiger partial charge in [-0.15, -0.1) is 0 Å². The first-order valence-corrected chi connectivity index (χ1v) is 6.49. The maximum atomic E-state index is 10.6. The first-order valence-electron chi connectivity index (χ1n) is 6.11. The zero-order valence-electron chi connectivity index (χ0n) is 11.4. The smallest absolute Gasteiger partial charge is 0.124 e. The van der Waals surface area contributed by atoms with Crippen molar-refractivity contribution in [3.8, 4) is 5.75 Å². The van der Waals surface area contributed by atoms with E-state index in [0.29, 0.717) is 29.2 Å². The molecule has 0 amide bonds. The standard InChI is InChI=1S/C14H21ClO3/c1-5-14(6-2,18-4)13(16)11-9-10(15)7-8-12(11)17-3/h7-9,13,16H,5-6H2,1-4H3. The fraction of sp³-hybridized carbons (Fsp3) is 0.571. The number of aliphatic hydroxyl groups is 1. The van der Waals surface area contributed by atoms with E-state index in [1.807, 2.05) is 13.8 Å². The van der Waals surface area contributed by atoms with Crippen LogP contribution in [0.15, 0.2) is 18.2 Å². The monoisotopic (exact) mass is 272 g/mol. The molecule has 0 saturated heterocycles. The molecule has 1 atom stereocenters. The molecule has 0 heterocycles. The van der Waals surface area contributed by atoms with E-state index in [-0.39, 0.29) is 0 Å². The topological polar surface area (TPSA) is 38.7 Å². The minimum absolute atomic E-state index is 0.571. The Labute approximate surface area is 114 Å². The van der Waals surface area contributed by atoms with Crippen LogP contribution in [0.4, 0.5) is 0 Å². The maximum Gasteiger partial charge on any atom is 0.124 e. The molecule has 1 N–H and O–H groups in total. The van der Waals surface area contributed by atoms with E-state index >= 15 is 0 Å². The lowest BCUT2D eigenvalue weighted by molar-refractivity contribution is -0.110. The molecule has 1 unspecified atom stereocenters. The van der Waals surface area contributed by atoms with E-state index in [4.69, 9.17) is 21.1 Å². The Balaban J connectivity index is 3.23. The Morgan fingerprint density at radius 2 is 1.89 bits per heavy atom. The summed E-state index contributed by atoms with van der Waals surface area (Å²) in [6, 6.07) is 5.22. The van der Waals surface area contributed by atoms with Crippen molar-refractivity contribution >= 4 is 11.6 Å². The molecule has 4 heteroatoms. The van der Waals surface area contributed by atoms with Crippen LogP contribution < -0.4 is 4.74 Å².